The van der Waals surface area contributed by atoms with E-state index in [-0.39, 0.29) is 5.91 Å². The Morgan fingerprint density at radius 2 is 1.69 bits per heavy atom. The van der Waals surface area contributed by atoms with Crippen molar-refractivity contribution in [1.29, 1.82) is 0 Å². The quantitative estimate of drug-likeness (QED) is 0.665. The summed E-state index contributed by atoms with van der Waals surface area (Å²) in [4.78, 5) is 18.3. The van der Waals surface area contributed by atoms with Crippen LogP contribution in [0.25, 0.3) is 5.69 Å². The van der Waals surface area contributed by atoms with Crippen LogP contribution in [0.1, 0.15) is 40.7 Å². The third-order valence-electron chi connectivity index (χ3n) is 6.80. The normalized spacial score (nSPS) is 16.2. The largest absolute Gasteiger partial charge is 0.367 e. The Hall–Kier alpha value is -3.12. The third-order valence-corrected chi connectivity index (χ3v) is 6.80. The molecule has 2 aromatic carbocycles. The van der Waals surface area contributed by atoms with Crippen LogP contribution < -0.4 is 10.2 Å². The topological polar surface area (TPSA) is 53.4 Å². The second-order valence-corrected chi connectivity index (χ2v) is 8.72. The maximum Gasteiger partial charge on any atom is 0.276 e. The lowest BCUT2D eigenvalue weighted by Crippen LogP contribution is -2.46. The van der Waals surface area contributed by atoms with E-state index in [0.717, 1.165) is 80.2 Å². The monoisotopic (exact) mass is 429 g/mol. The number of amides is 1. The summed E-state index contributed by atoms with van der Waals surface area (Å²) in [7, 11) is 0. The van der Waals surface area contributed by atoms with Crippen LogP contribution in [0.3, 0.4) is 0 Å². The fraction of sp³-hybridized carbons (Fsp3) is 0.385. The standard InChI is InChI=1S/C26H31N5O/c1-3-29-15-17-30(18-16-29)24-13-7-5-11-21(24)27-26(32)25-20-10-8-14-23(20)31(28-25)22-12-6-4-9-19(22)2/h4-7,9,11-13H,3,8,10,14-18H2,1-2H3,(H,27,32). The van der Waals surface area contributed by atoms with Gasteiger partial charge in [-0.1, -0.05) is 37.3 Å². The summed E-state index contributed by atoms with van der Waals surface area (Å²) < 4.78 is 1.99. The lowest BCUT2D eigenvalue weighted by Gasteiger charge is -2.36. The number of likely N-dealkylation sites (N-methyl/N-ethyl adjacent to an activating group) is 1. The van der Waals surface area contributed by atoms with E-state index in [9.17, 15) is 4.79 Å². The van der Waals surface area contributed by atoms with Crippen LogP contribution in [-0.4, -0.2) is 53.3 Å². The molecule has 0 bridgehead atoms. The van der Waals surface area contributed by atoms with Gasteiger partial charge in [-0.05, 0) is 56.5 Å². The van der Waals surface area contributed by atoms with Gasteiger partial charge in [0.05, 0.1) is 17.1 Å². The van der Waals surface area contributed by atoms with Gasteiger partial charge in [0.2, 0.25) is 0 Å². The molecule has 0 radical (unpaired) electrons. The molecular formula is C26H31N5O. The Morgan fingerprint density at radius 1 is 0.969 bits per heavy atom. The van der Waals surface area contributed by atoms with Crippen molar-refractivity contribution in [3.05, 3.63) is 71.0 Å². The van der Waals surface area contributed by atoms with E-state index in [2.05, 4.69) is 47.2 Å². The highest BCUT2D eigenvalue weighted by Crippen LogP contribution is 2.31. The maximum atomic E-state index is 13.4. The summed E-state index contributed by atoms with van der Waals surface area (Å²) in [6, 6.07) is 16.4. The summed E-state index contributed by atoms with van der Waals surface area (Å²) in [6.07, 6.45) is 2.93. The van der Waals surface area contributed by atoms with Gasteiger partial charge < -0.3 is 15.1 Å². The molecule has 0 spiro atoms. The number of nitrogens with zero attached hydrogens (tertiary/aromatic N) is 4. The zero-order valence-electron chi connectivity index (χ0n) is 19.0. The van der Waals surface area contributed by atoms with Crippen LogP contribution in [0, 0.1) is 6.92 Å². The Morgan fingerprint density at radius 3 is 2.44 bits per heavy atom. The van der Waals surface area contributed by atoms with Gasteiger partial charge in [0, 0.05) is 37.4 Å². The second-order valence-electron chi connectivity index (χ2n) is 8.72. The van der Waals surface area contributed by atoms with Crippen molar-refractivity contribution < 1.29 is 4.79 Å². The van der Waals surface area contributed by atoms with Gasteiger partial charge in [-0.15, -0.1) is 0 Å². The number of hydrogen-bond acceptors (Lipinski definition) is 4. The highest BCUT2D eigenvalue weighted by Gasteiger charge is 2.28. The van der Waals surface area contributed by atoms with Gasteiger partial charge in [0.15, 0.2) is 5.69 Å². The Kier molecular flexibility index (Phi) is 5.70. The molecule has 1 aliphatic carbocycles. The number of para-hydroxylation sites is 3. The van der Waals surface area contributed by atoms with Crippen LogP contribution >= 0.6 is 0 Å². The minimum atomic E-state index is -0.116. The molecule has 1 saturated heterocycles. The SMILES string of the molecule is CCN1CCN(c2ccccc2NC(=O)c2nn(-c3ccccc3C)c3c2CCC3)CC1. The van der Waals surface area contributed by atoms with E-state index in [4.69, 9.17) is 5.10 Å². The van der Waals surface area contributed by atoms with Gasteiger partial charge >= 0.3 is 0 Å². The van der Waals surface area contributed by atoms with Crippen molar-refractivity contribution in [2.75, 3.05) is 42.9 Å². The average Bonchev–Trinajstić information content (AvgIpc) is 3.43. The van der Waals surface area contributed by atoms with E-state index >= 15 is 0 Å². The van der Waals surface area contributed by atoms with E-state index in [1.54, 1.807) is 0 Å². The second kappa shape index (κ2) is 8.79. The van der Waals surface area contributed by atoms with Gasteiger partial charge in [0.1, 0.15) is 0 Å². The number of carbonyl (C=O) groups excluding carboxylic acids is 1. The maximum absolute atomic E-state index is 13.4. The number of nitrogens with one attached hydrogen (secondary N) is 1. The van der Waals surface area contributed by atoms with Gasteiger partial charge in [-0.25, -0.2) is 4.68 Å². The van der Waals surface area contributed by atoms with Crippen molar-refractivity contribution in [1.82, 2.24) is 14.7 Å². The predicted octanol–water partition coefficient (Wildman–Crippen LogP) is 4.06. The molecule has 1 N–H and O–H groups in total. The molecule has 1 aromatic heterocycles. The van der Waals surface area contributed by atoms with Crippen LogP contribution in [0.2, 0.25) is 0 Å². The van der Waals surface area contributed by atoms with Crippen molar-refractivity contribution in [2.24, 2.45) is 0 Å². The highest BCUT2D eigenvalue weighted by molar-refractivity contribution is 6.06. The molecule has 0 saturated carbocycles. The molecule has 6 nitrogen and oxygen atoms in total. The first-order valence-electron chi connectivity index (χ1n) is 11.7. The van der Waals surface area contributed by atoms with E-state index < -0.39 is 0 Å². The van der Waals surface area contributed by atoms with Crippen LogP contribution in [0.15, 0.2) is 48.5 Å². The van der Waals surface area contributed by atoms with Crippen molar-refractivity contribution in [2.45, 2.75) is 33.1 Å². The summed E-state index contributed by atoms with van der Waals surface area (Å²) in [6.45, 7) is 9.42. The van der Waals surface area contributed by atoms with E-state index in [1.165, 1.54) is 5.69 Å². The van der Waals surface area contributed by atoms with Crippen molar-refractivity contribution in [3.63, 3.8) is 0 Å². The summed E-state index contributed by atoms with van der Waals surface area (Å²) in [5.74, 6) is -0.116. The first-order valence-corrected chi connectivity index (χ1v) is 11.7. The zero-order valence-corrected chi connectivity index (χ0v) is 19.0. The summed E-state index contributed by atoms with van der Waals surface area (Å²) >= 11 is 0. The number of benzene rings is 2. The number of anilines is 2. The fourth-order valence-electron chi connectivity index (χ4n) is 4.96. The minimum absolute atomic E-state index is 0.116. The Balaban J connectivity index is 1.43. The minimum Gasteiger partial charge on any atom is -0.367 e. The van der Waals surface area contributed by atoms with E-state index in [1.807, 2.05) is 35.0 Å². The fourth-order valence-corrected chi connectivity index (χ4v) is 4.96. The molecule has 166 valence electrons. The van der Waals surface area contributed by atoms with Crippen molar-refractivity contribution >= 4 is 17.3 Å². The number of carbonyl (C=O) groups is 1. The predicted molar refractivity (Wildman–Crippen MR) is 129 cm³/mol. The smallest absolute Gasteiger partial charge is 0.276 e. The molecule has 1 aliphatic heterocycles. The molecule has 0 atom stereocenters. The third kappa shape index (κ3) is 3.79. The molecular weight excluding hydrogens is 398 g/mol. The van der Waals surface area contributed by atoms with Crippen molar-refractivity contribution in [3.8, 4) is 5.69 Å². The lowest BCUT2D eigenvalue weighted by atomic mass is 10.1. The Labute approximate surface area is 189 Å². The van der Waals surface area contributed by atoms with Gasteiger partial charge in [0.25, 0.3) is 5.91 Å². The zero-order chi connectivity index (χ0) is 22.1. The molecule has 2 aliphatic rings. The Bertz CT molecular complexity index is 1130. The number of rotatable bonds is 5. The molecule has 1 amide bonds. The molecule has 5 rings (SSSR count). The first-order chi connectivity index (χ1) is 15.7. The van der Waals surface area contributed by atoms with Gasteiger partial charge in [-0.2, -0.15) is 5.10 Å². The van der Waals surface area contributed by atoms with Crippen LogP contribution in [-0.2, 0) is 12.8 Å². The van der Waals surface area contributed by atoms with Gasteiger partial charge in [-0.3, -0.25) is 4.79 Å². The van der Waals surface area contributed by atoms with E-state index in [0.29, 0.717) is 5.69 Å². The summed E-state index contributed by atoms with van der Waals surface area (Å²) in [5, 5.41) is 7.99. The molecule has 2 heterocycles. The number of aryl methyl sites for hydroxylation is 1. The molecule has 32 heavy (non-hydrogen) atoms. The number of fused-ring (bicyclic) bond motifs is 1. The molecule has 3 aromatic rings. The summed E-state index contributed by atoms with van der Waals surface area (Å²) in [5.41, 5.74) is 7.00. The molecule has 1 fully saturated rings. The van der Waals surface area contributed by atoms with Crippen LogP contribution in [0.4, 0.5) is 11.4 Å². The molecule has 6 heteroatoms. The lowest BCUT2D eigenvalue weighted by molar-refractivity contribution is 0.102. The number of hydrogen-bond donors (Lipinski definition) is 1. The number of piperazine rings is 1. The molecule has 0 unspecified atom stereocenters. The number of aromatic nitrogens is 2. The first kappa shape index (κ1) is 20.8. The highest BCUT2D eigenvalue weighted by atomic mass is 16.2. The van der Waals surface area contributed by atoms with Crippen LogP contribution in [0.5, 0.6) is 0 Å². The average molecular weight is 430 g/mol.